The molecule has 5 nitrogen and oxygen atoms in total. The van der Waals surface area contributed by atoms with Gasteiger partial charge in [-0.3, -0.25) is 0 Å². The first-order chi connectivity index (χ1) is 12.7. The van der Waals surface area contributed by atoms with Gasteiger partial charge in [0.2, 0.25) is 0 Å². The fourth-order valence-electron chi connectivity index (χ4n) is 2.96. The maximum Gasteiger partial charge on any atom is 1.00 e. The molecule has 0 saturated heterocycles. The second-order valence-electron chi connectivity index (χ2n) is 6.15. The van der Waals surface area contributed by atoms with Crippen molar-refractivity contribution in [3.63, 3.8) is 0 Å². The molecule has 6 heteroatoms. The van der Waals surface area contributed by atoms with Crippen molar-refractivity contribution < 1.29 is 44.2 Å². The van der Waals surface area contributed by atoms with Gasteiger partial charge in [0.15, 0.2) is 0 Å². The van der Waals surface area contributed by atoms with Crippen LogP contribution in [0, 0.1) is 0 Å². The van der Waals surface area contributed by atoms with Crippen molar-refractivity contribution in [1.82, 2.24) is 9.97 Å². The van der Waals surface area contributed by atoms with Gasteiger partial charge in [0.25, 0.3) is 0 Å². The summed E-state index contributed by atoms with van der Waals surface area (Å²) >= 11 is 0. The van der Waals surface area contributed by atoms with Crippen LogP contribution in [0.15, 0.2) is 60.7 Å². The normalized spacial score (nSPS) is 10.7. The van der Waals surface area contributed by atoms with Crippen molar-refractivity contribution in [2.75, 3.05) is 6.61 Å². The number of rotatable bonds is 6. The zero-order valence-electron chi connectivity index (χ0n) is 15.1. The van der Waals surface area contributed by atoms with Crippen LogP contribution in [-0.4, -0.2) is 22.5 Å². The molecule has 0 unspecified atom stereocenters. The summed E-state index contributed by atoms with van der Waals surface area (Å²) in [6.45, 7) is 0.358. The monoisotopic (exact) mass is 368 g/mol. The van der Waals surface area contributed by atoms with Crippen LogP contribution in [0.25, 0.3) is 33.2 Å². The van der Waals surface area contributed by atoms with E-state index in [1.807, 2.05) is 54.6 Å². The van der Waals surface area contributed by atoms with Crippen molar-refractivity contribution in [1.29, 1.82) is 0 Å². The minimum atomic E-state index is -1.05. The van der Waals surface area contributed by atoms with E-state index in [-0.39, 0.29) is 36.0 Å². The number of fused-ring (bicyclic) bond motifs is 2. The number of carboxylic acid groups (broad SMARTS) is 1. The van der Waals surface area contributed by atoms with Crippen LogP contribution in [0.1, 0.15) is 12.8 Å². The molecule has 0 fully saturated rings. The SMILES string of the molecule is O=C([O-])CCCOc1ccc2cc(-c3nc4ccccc4[nH]3)ccc2c1.[Na+]. The number of carbonyl (C=O) groups is 1. The van der Waals surface area contributed by atoms with Gasteiger partial charge in [0.05, 0.1) is 17.6 Å². The smallest absolute Gasteiger partial charge is 0.550 e. The Morgan fingerprint density at radius 2 is 1.81 bits per heavy atom. The maximum atomic E-state index is 10.4. The van der Waals surface area contributed by atoms with E-state index in [0.717, 1.165) is 38.9 Å². The van der Waals surface area contributed by atoms with Gasteiger partial charge in [-0.05, 0) is 53.9 Å². The minimum Gasteiger partial charge on any atom is -0.550 e. The molecule has 0 aliphatic heterocycles. The number of para-hydroxylation sites is 2. The zero-order valence-corrected chi connectivity index (χ0v) is 17.1. The number of carboxylic acids is 1. The van der Waals surface area contributed by atoms with Crippen LogP contribution >= 0.6 is 0 Å². The summed E-state index contributed by atoms with van der Waals surface area (Å²) in [5.41, 5.74) is 2.99. The number of benzene rings is 3. The van der Waals surface area contributed by atoms with Gasteiger partial charge >= 0.3 is 29.6 Å². The molecule has 1 heterocycles. The molecule has 0 aliphatic carbocycles. The molecule has 0 spiro atoms. The van der Waals surface area contributed by atoms with E-state index in [9.17, 15) is 9.90 Å². The molecule has 0 bridgehead atoms. The first kappa shape index (κ1) is 19.4. The topological polar surface area (TPSA) is 78.0 Å². The molecule has 4 rings (SSSR count). The van der Waals surface area contributed by atoms with E-state index in [1.54, 1.807) is 0 Å². The summed E-state index contributed by atoms with van der Waals surface area (Å²) in [5, 5.41) is 12.6. The third kappa shape index (κ3) is 4.50. The Hall–Kier alpha value is -2.34. The number of imidazole rings is 1. The molecule has 0 atom stereocenters. The zero-order chi connectivity index (χ0) is 17.9. The van der Waals surface area contributed by atoms with E-state index in [4.69, 9.17) is 4.74 Å². The fourth-order valence-corrected chi connectivity index (χ4v) is 2.96. The number of nitrogens with zero attached hydrogens (tertiary/aromatic N) is 1. The van der Waals surface area contributed by atoms with Crippen molar-refractivity contribution in [3.05, 3.63) is 60.7 Å². The Bertz CT molecular complexity index is 1060. The number of ether oxygens (including phenoxy) is 1. The molecule has 4 aromatic rings. The third-order valence-electron chi connectivity index (χ3n) is 4.27. The average molecular weight is 368 g/mol. The van der Waals surface area contributed by atoms with Crippen LogP contribution in [0.4, 0.5) is 0 Å². The summed E-state index contributed by atoms with van der Waals surface area (Å²) in [6.07, 6.45) is 0.444. The second kappa shape index (κ2) is 8.57. The molecule has 0 aliphatic rings. The molecule has 3 aromatic carbocycles. The first-order valence-corrected chi connectivity index (χ1v) is 8.51. The molecule has 0 radical (unpaired) electrons. The fraction of sp³-hybridized carbons (Fsp3) is 0.143. The Morgan fingerprint density at radius 1 is 1.04 bits per heavy atom. The molecular weight excluding hydrogens is 351 g/mol. The standard InChI is InChI=1S/C21H18N2O3.Na/c24-20(25)6-3-11-26-17-10-9-14-12-16(8-7-15(14)13-17)21-22-18-4-1-2-5-19(18)23-21;/h1-2,4-5,7-10,12-13H,3,6,11H2,(H,22,23)(H,24,25);/q;+1/p-1. The number of aromatic amines is 1. The summed E-state index contributed by atoms with van der Waals surface area (Å²) in [7, 11) is 0. The van der Waals surface area contributed by atoms with Gasteiger partial charge in [-0.2, -0.15) is 0 Å². The number of aliphatic carboxylic acids is 1. The summed E-state index contributed by atoms with van der Waals surface area (Å²) in [6, 6.07) is 20.0. The average Bonchev–Trinajstić information content (AvgIpc) is 3.09. The Balaban J connectivity index is 0.00000210. The number of carbonyl (C=O) groups excluding carboxylic acids is 1. The third-order valence-corrected chi connectivity index (χ3v) is 4.27. The van der Waals surface area contributed by atoms with Crippen molar-refractivity contribution in [2.45, 2.75) is 12.8 Å². The van der Waals surface area contributed by atoms with E-state index in [0.29, 0.717) is 13.0 Å². The van der Waals surface area contributed by atoms with Crippen molar-refractivity contribution in [2.24, 2.45) is 0 Å². The van der Waals surface area contributed by atoms with E-state index in [1.165, 1.54) is 0 Å². The molecule has 1 aromatic heterocycles. The summed E-state index contributed by atoms with van der Waals surface area (Å²) in [5.74, 6) is 0.522. The Morgan fingerprint density at radius 3 is 2.63 bits per heavy atom. The second-order valence-corrected chi connectivity index (χ2v) is 6.15. The van der Waals surface area contributed by atoms with Crippen LogP contribution in [0.5, 0.6) is 5.75 Å². The molecule has 0 amide bonds. The van der Waals surface area contributed by atoms with Crippen LogP contribution in [-0.2, 0) is 4.79 Å². The first-order valence-electron chi connectivity index (χ1n) is 8.51. The maximum absolute atomic E-state index is 10.4. The van der Waals surface area contributed by atoms with Gasteiger partial charge in [-0.15, -0.1) is 0 Å². The quantitative estimate of drug-likeness (QED) is 0.392. The van der Waals surface area contributed by atoms with E-state index in [2.05, 4.69) is 16.0 Å². The van der Waals surface area contributed by atoms with Crippen LogP contribution in [0.2, 0.25) is 0 Å². The van der Waals surface area contributed by atoms with Gasteiger partial charge in [0.1, 0.15) is 11.6 Å². The van der Waals surface area contributed by atoms with E-state index < -0.39 is 5.97 Å². The number of H-pyrrole nitrogens is 1. The van der Waals surface area contributed by atoms with Crippen LogP contribution < -0.4 is 39.4 Å². The summed E-state index contributed by atoms with van der Waals surface area (Å²) in [4.78, 5) is 18.4. The molecule has 130 valence electrons. The number of hydrogen-bond donors (Lipinski definition) is 1. The predicted octanol–water partition coefficient (Wildman–Crippen LogP) is 0.296. The van der Waals surface area contributed by atoms with E-state index >= 15 is 0 Å². The Kier molecular flexibility index (Phi) is 6.16. The molecule has 0 saturated carbocycles. The number of aromatic nitrogens is 2. The Labute approximate surface area is 178 Å². The molecule has 27 heavy (non-hydrogen) atoms. The number of nitrogens with one attached hydrogen (secondary N) is 1. The molecular formula is C21H17N2NaO3. The van der Waals surface area contributed by atoms with Gasteiger partial charge in [-0.25, -0.2) is 4.98 Å². The number of hydrogen-bond acceptors (Lipinski definition) is 4. The predicted molar refractivity (Wildman–Crippen MR) is 98.8 cm³/mol. The van der Waals surface area contributed by atoms with Gasteiger partial charge in [0, 0.05) is 11.5 Å². The van der Waals surface area contributed by atoms with Crippen molar-refractivity contribution >= 4 is 27.8 Å². The van der Waals surface area contributed by atoms with Gasteiger partial charge < -0.3 is 19.6 Å². The minimum absolute atomic E-state index is 0. The largest absolute Gasteiger partial charge is 1.00 e. The van der Waals surface area contributed by atoms with Crippen molar-refractivity contribution in [3.8, 4) is 17.1 Å². The molecule has 1 N–H and O–H groups in total. The summed E-state index contributed by atoms with van der Waals surface area (Å²) < 4.78 is 5.61. The van der Waals surface area contributed by atoms with Crippen LogP contribution in [0.3, 0.4) is 0 Å². The van der Waals surface area contributed by atoms with Gasteiger partial charge in [-0.1, -0.05) is 30.3 Å².